The molecule has 0 radical (unpaired) electrons. The molecule has 0 atom stereocenters. The van der Waals surface area contributed by atoms with Gasteiger partial charge in [-0.05, 0) is 36.8 Å². The van der Waals surface area contributed by atoms with Crippen LogP contribution in [0.3, 0.4) is 0 Å². The number of hydrogen-bond donors (Lipinski definition) is 2. The molecule has 0 unspecified atom stereocenters. The van der Waals surface area contributed by atoms with Gasteiger partial charge in [-0.25, -0.2) is 17.8 Å². The minimum Gasteiger partial charge on any atom is -0.340 e. The Balaban J connectivity index is 2.01. The second kappa shape index (κ2) is 7.22. The molecule has 5 nitrogen and oxygen atoms in total. The fraction of sp³-hybridized carbons (Fsp3) is 0.267. The topological polar surface area (TPSA) is 71.1 Å². The predicted octanol–water partition coefficient (Wildman–Crippen LogP) is 3.51. The van der Waals surface area contributed by atoms with Crippen molar-refractivity contribution in [3.63, 3.8) is 0 Å². The van der Waals surface area contributed by atoms with E-state index >= 15 is 0 Å². The summed E-state index contributed by atoms with van der Waals surface area (Å²) in [7, 11) is -3.33. The van der Waals surface area contributed by atoms with Crippen LogP contribution in [0, 0.1) is 5.82 Å². The average molecular weight is 323 g/mol. The van der Waals surface area contributed by atoms with Crippen molar-refractivity contribution >= 4 is 27.2 Å². The maximum absolute atomic E-state index is 13.1. The van der Waals surface area contributed by atoms with Gasteiger partial charge in [-0.3, -0.25) is 4.72 Å². The van der Waals surface area contributed by atoms with Crippen molar-refractivity contribution in [1.82, 2.24) is 4.98 Å². The van der Waals surface area contributed by atoms with Crippen LogP contribution in [-0.2, 0) is 10.0 Å². The molecule has 2 N–H and O–H groups in total. The molecule has 1 heterocycles. The number of benzene rings is 1. The number of sulfonamides is 1. The molecule has 0 saturated carbocycles. The van der Waals surface area contributed by atoms with Gasteiger partial charge in [0.2, 0.25) is 10.0 Å². The van der Waals surface area contributed by atoms with E-state index in [1.807, 2.05) is 6.92 Å². The van der Waals surface area contributed by atoms with Gasteiger partial charge in [-0.2, -0.15) is 0 Å². The van der Waals surface area contributed by atoms with Gasteiger partial charge >= 0.3 is 0 Å². The van der Waals surface area contributed by atoms with Crippen molar-refractivity contribution in [3.05, 3.63) is 48.4 Å². The van der Waals surface area contributed by atoms with E-state index in [1.165, 1.54) is 18.3 Å². The molecule has 118 valence electrons. The van der Waals surface area contributed by atoms with Gasteiger partial charge in [0, 0.05) is 5.69 Å². The van der Waals surface area contributed by atoms with E-state index in [0.717, 1.165) is 6.42 Å². The zero-order valence-corrected chi connectivity index (χ0v) is 13.0. The number of anilines is 3. The first-order chi connectivity index (χ1) is 10.5. The normalized spacial score (nSPS) is 11.2. The highest BCUT2D eigenvalue weighted by Gasteiger charge is 2.09. The second-order valence-corrected chi connectivity index (χ2v) is 6.68. The summed E-state index contributed by atoms with van der Waals surface area (Å²) in [6.45, 7) is 1.93. The van der Waals surface area contributed by atoms with Gasteiger partial charge in [0.25, 0.3) is 0 Å². The van der Waals surface area contributed by atoms with Gasteiger partial charge in [0.1, 0.15) is 11.6 Å². The van der Waals surface area contributed by atoms with Crippen LogP contribution >= 0.6 is 0 Å². The van der Waals surface area contributed by atoms with Crippen molar-refractivity contribution in [2.45, 2.75) is 19.8 Å². The molecule has 0 aliphatic rings. The fourth-order valence-electron chi connectivity index (χ4n) is 1.81. The molecule has 0 saturated heterocycles. The quantitative estimate of drug-likeness (QED) is 0.818. The number of nitrogens with zero attached hydrogens (tertiary/aromatic N) is 1. The van der Waals surface area contributed by atoms with Crippen LogP contribution in [0.15, 0.2) is 42.6 Å². The van der Waals surface area contributed by atoms with Gasteiger partial charge in [0.15, 0.2) is 0 Å². The summed E-state index contributed by atoms with van der Waals surface area (Å²) in [6.07, 6.45) is 2.85. The molecule has 0 aliphatic carbocycles. The highest BCUT2D eigenvalue weighted by molar-refractivity contribution is 7.92. The summed E-state index contributed by atoms with van der Waals surface area (Å²) in [5.41, 5.74) is 0.977. The van der Waals surface area contributed by atoms with E-state index in [0.29, 0.717) is 23.6 Å². The highest BCUT2D eigenvalue weighted by atomic mass is 32.2. The van der Waals surface area contributed by atoms with E-state index < -0.39 is 10.0 Å². The number of unbranched alkanes of at least 4 members (excludes halogenated alkanes) is 1. The summed E-state index contributed by atoms with van der Waals surface area (Å²) < 4.78 is 39.1. The third-order valence-electron chi connectivity index (χ3n) is 2.90. The van der Waals surface area contributed by atoms with E-state index in [1.54, 1.807) is 24.3 Å². The third-order valence-corrected chi connectivity index (χ3v) is 4.27. The molecule has 2 aromatic rings. The van der Waals surface area contributed by atoms with Gasteiger partial charge in [-0.15, -0.1) is 0 Å². The lowest BCUT2D eigenvalue weighted by molar-refractivity contribution is 0.598. The zero-order valence-electron chi connectivity index (χ0n) is 12.2. The molecule has 0 amide bonds. The van der Waals surface area contributed by atoms with Gasteiger partial charge in [0.05, 0.1) is 17.6 Å². The first kappa shape index (κ1) is 16.2. The lowest BCUT2D eigenvalue weighted by atomic mass is 10.3. The van der Waals surface area contributed by atoms with Crippen LogP contribution in [0.1, 0.15) is 19.8 Å². The molecule has 22 heavy (non-hydrogen) atoms. The van der Waals surface area contributed by atoms with Crippen molar-refractivity contribution < 1.29 is 12.8 Å². The van der Waals surface area contributed by atoms with Crippen molar-refractivity contribution in [3.8, 4) is 0 Å². The van der Waals surface area contributed by atoms with Crippen LogP contribution in [0.25, 0.3) is 0 Å². The van der Waals surface area contributed by atoms with Crippen LogP contribution < -0.4 is 10.0 Å². The maximum atomic E-state index is 13.1. The Bertz CT molecular complexity index is 718. The number of nitrogens with one attached hydrogen (secondary N) is 2. The van der Waals surface area contributed by atoms with E-state index in [-0.39, 0.29) is 11.6 Å². The minimum absolute atomic E-state index is 0.0901. The molecule has 0 aliphatic heterocycles. The summed E-state index contributed by atoms with van der Waals surface area (Å²) in [6, 6.07) is 9.25. The molecule has 1 aromatic carbocycles. The monoisotopic (exact) mass is 323 g/mol. The lowest BCUT2D eigenvalue weighted by Gasteiger charge is -2.09. The number of rotatable bonds is 7. The SMILES string of the molecule is CCCCS(=O)(=O)Nc1ccc(Nc2cccc(F)c2)nc1. The highest BCUT2D eigenvalue weighted by Crippen LogP contribution is 2.17. The Kier molecular flexibility index (Phi) is 5.32. The van der Waals surface area contributed by atoms with Crippen molar-refractivity contribution in [2.24, 2.45) is 0 Å². The lowest BCUT2D eigenvalue weighted by Crippen LogP contribution is -2.16. The standard InChI is InChI=1S/C15H18FN3O2S/c1-2-3-9-22(20,21)19-14-7-8-15(17-11-14)18-13-6-4-5-12(16)10-13/h4-8,10-11,19H,2-3,9H2,1H3,(H,17,18). The molecular formula is C15H18FN3O2S. The van der Waals surface area contributed by atoms with Crippen LogP contribution in [0.5, 0.6) is 0 Å². The number of pyridine rings is 1. The summed E-state index contributed by atoms with van der Waals surface area (Å²) >= 11 is 0. The Labute approximate surface area is 129 Å². The minimum atomic E-state index is -3.33. The predicted molar refractivity (Wildman–Crippen MR) is 86.2 cm³/mol. The van der Waals surface area contributed by atoms with Gasteiger partial charge in [-0.1, -0.05) is 19.4 Å². The van der Waals surface area contributed by atoms with Crippen LogP contribution in [0.4, 0.5) is 21.6 Å². The van der Waals surface area contributed by atoms with Crippen molar-refractivity contribution in [1.29, 1.82) is 0 Å². The maximum Gasteiger partial charge on any atom is 0.232 e. The number of hydrogen-bond acceptors (Lipinski definition) is 4. The fourth-order valence-corrected chi connectivity index (χ4v) is 3.06. The van der Waals surface area contributed by atoms with Crippen molar-refractivity contribution in [2.75, 3.05) is 15.8 Å². The summed E-state index contributed by atoms with van der Waals surface area (Å²) in [5.74, 6) is 0.250. The summed E-state index contributed by atoms with van der Waals surface area (Å²) in [4.78, 5) is 4.11. The smallest absolute Gasteiger partial charge is 0.232 e. The Morgan fingerprint density at radius 3 is 2.64 bits per heavy atom. The summed E-state index contributed by atoms with van der Waals surface area (Å²) in [5, 5.41) is 2.94. The Morgan fingerprint density at radius 1 is 1.18 bits per heavy atom. The zero-order chi connectivity index (χ0) is 16.0. The van der Waals surface area contributed by atoms with Gasteiger partial charge < -0.3 is 5.32 Å². The van der Waals surface area contributed by atoms with E-state index in [2.05, 4.69) is 15.0 Å². The average Bonchev–Trinajstić information content (AvgIpc) is 2.47. The largest absolute Gasteiger partial charge is 0.340 e. The first-order valence-corrected chi connectivity index (χ1v) is 8.63. The van der Waals surface area contributed by atoms with E-state index in [9.17, 15) is 12.8 Å². The first-order valence-electron chi connectivity index (χ1n) is 6.97. The number of aromatic nitrogens is 1. The van der Waals surface area contributed by atoms with Crippen LogP contribution in [0.2, 0.25) is 0 Å². The molecule has 7 heteroatoms. The molecule has 1 aromatic heterocycles. The molecule has 0 spiro atoms. The second-order valence-electron chi connectivity index (χ2n) is 4.84. The molecule has 0 fully saturated rings. The number of halogens is 1. The Morgan fingerprint density at radius 2 is 2.00 bits per heavy atom. The Hall–Kier alpha value is -2.15. The van der Waals surface area contributed by atoms with E-state index in [4.69, 9.17) is 0 Å². The molecule has 0 bridgehead atoms. The molecule has 2 rings (SSSR count). The van der Waals surface area contributed by atoms with Crippen LogP contribution in [-0.4, -0.2) is 19.2 Å². The molecular weight excluding hydrogens is 305 g/mol. The third kappa shape index (κ3) is 5.00.